The lowest BCUT2D eigenvalue weighted by molar-refractivity contribution is -0.151. The van der Waals surface area contributed by atoms with Crippen molar-refractivity contribution in [3.63, 3.8) is 0 Å². The van der Waals surface area contributed by atoms with Crippen LogP contribution in [0.1, 0.15) is 39.0 Å². The lowest BCUT2D eigenvalue weighted by atomic mass is 10.1. The summed E-state index contributed by atoms with van der Waals surface area (Å²) in [7, 11) is 0. The third-order valence-electron chi connectivity index (χ3n) is 4.08. The summed E-state index contributed by atoms with van der Waals surface area (Å²) in [6, 6.07) is 0.317. The van der Waals surface area contributed by atoms with E-state index in [9.17, 15) is 9.59 Å². The van der Waals surface area contributed by atoms with Gasteiger partial charge in [-0.05, 0) is 32.2 Å². The van der Waals surface area contributed by atoms with Gasteiger partial charge in [0.1, 0.15) is 12.7 Å². The molecule has 2 aliphatic heterocycles. The van der Waals surface area contributed by atoms with Crippen LogP contribution in [-0.2, 0) is 19.1 Å². The van der Waals surface area contributed by atoms with Crippen LogP contribution in [0.5, 0.6) is 0 Å². The molecule has 0 aromatic heterocycles. The second-order valence-electron chi connectivity index (χ2n) is 5.91. The molecule has 1 atom stereocenters. The van der Waals surface area contributed by atoms with Crippen molar-refractivity contribution in [1.29, 1.82) is 0 Å². The van der Waals surface area contributed by atoms with Crippen LogP contribution < -0.4 is 5.32 Å². The maximum Gasteiger partial charge on any atom is 0.320 e. The van der Waals surface area contributed by atoms with E-state index >= 15 is 0 Å². The maximum absolute atomic E-state index is 11.8. The Labute approximate surface area is 126 Å². The molecule has 0 radical (unpaired) electrons. The van der Waals surface area contributed by atoms with Gasteiger partial charge in [0.05, 0.1) is 6.54 Å². The summed E-state index contributed by atoms with van der Waals surface area (Å²) in [4.78, 5) is 24.8. The van der Waals surface area contributed by atoms with Gasteiger partial charge in [-0.3, -0.25) is 14.5 Å². The van der Waals surface area contributed by atoms with E-state index in [0.29, 0.717) is 19.2 Å². The monoisotopic (exact) mass is 298 g/mol. The highest BCUT2D eigenvalue weighted by Gasteiger charge is 2.23. The molecule has 0 aliphatic carbocycles. The van der Waals surface area contributed by atoms with E-state index in [-0.39, 0.29) is 18.0 Å². The summed E-state index contributed by atoms with van der Waals surface area (Å²) in [5, 5.41) is 3.36. The zero-order chi connectivity index (χ0) is 15.1. The molecule has 120 valence electrons. The number of carbonyl (C=O) groups excluding carboxylic acids is 2. The predicted octanol–water partition coefficient (Wildman–Crippen LogP) is 0.699. The number of hydrogen-bond donors (Lipinski definition) is 1. The standard InChI is InChI=1S/C15H26N2O4/c1-12(18)21-14-5-8-17(9-6-14)10-15(19)20-11-13-4-2-3-7-16-13/h13-14,16H,2-11H2,1H3/t13-/m0/s1. The summed E-state index contributed by atoms with van der Waals surface area (Å²) in [6.45, 7) is 4.81. The molecule has 0 bridgehead atoms. The van der Waals surface area contributed by atoms with E-state index in [1.54, 1.807) is 0 Å². The van der Waals surface area contributed by atoms with Crippen LogP contribution in [0, 0.1) is 0 Å². The molecular formula is C15H26N2O4. The number of nitrogens with zero attached hydrogens (tertiary/aromatic N) is 1. The fourth-order valence-corrected chi connectivity index (χ4v) is 2.91. The van der Waals surface area contributed by atoms with E-state index < -0.39 is 0 Å². The van der Waals surface area contributed by atoms with Crippen LogP contribution in [0.25, 0.3) is 0 Å². The molecule has 2 aliphatic rings. The van der Waals surface area contributed by atoms with Crippen LogP contribution in [-0.4, -0.2) is 61.8 Å². The molecule has 2 saturated heterocycles. The van der Waals surface area contributed by atoms with Crippen molar-refractivity contribution in [2.45, 2.75) is 51.2 Å². The second-order valence-corrected chi connectivity index (χ2v) is 5.91. The van der Waals surface area contributed by atoms with E-state index in [4.69, 9.17) is 9.47 Å². The number of piperidine rings is 2. The first-order valence-corrected chi connectivity index (χ1v) is 7.92. The van der Waals surface area contributed by atoms with Crippen molar-refractivity contribution in [2.24, 2.45) is 0 Å². The van der Waals surface area contributed by atoms with Gasteiger partial charge in [0, 0.05) is 26.1 Å². The molecule has 0 aromatic rings. The normalized spacial score (nSPS) is 24.5. The van der Waals surface area contributed by atoms with Gasteiger partial charge in [-0.25, -0.2) is 0 Å². The average molecular weight is 298 g/mol. The first kappa shape index (κ1) is 16.2. The summed E-state index contributed by atoms with van der Waals surface area (Å²) >= 11 is 0. The highest BCUT2D eigenvalue weighted by molar-refractivity contribution is 5.71. The molecule has 0 saturated carbocycles. The van der Waals surface area contributed by atoms with Crippen LogP contribution in [0.4, 0.5) is 0 Å². The summed E-state index contributed by atoms with van der Waals surface area (Å²) in [5.74, 6) is -0.388. The fourth-order valence-electron chi connectivity index (χ4n) is 2.91. The molecule has 0 aromatic carbocycles. The van der Waals surface area contributed by atoms with E-state index in [0.717, 1.165) is 38.9 Å². The zero-order valence-electron chi connectivity index (χ0n) is 12.8. The smallest absolute Gasteiger partial charge is 0.320 e. The highest BCUT2D eigenvalue weighted by Crippen LogP contribution is 2.14. The summed E-state index contributed by atoms with van der Waals surface area (Å²) in [6.07, 6.45) is 5.08. The van der Waals surface area contributed by atoms with Crippen molar-refractivity contribution >= 4 is 11.9 Å². The molecular weight excluding hydrogens is 272 g/mol. The number of likely N-dealkylation sites (tertiary alicyclic amines) is 1. The minimum Gasteiger partial charge on any atom is -0.463 e. The third kappa shape index (κ3) is 6.01. The highest BCUT2D eigenvalue weighted by atomic mass is 16.5. The quantitative estimate of drug-likeness (QED) is 0.754. The lowest BCUT2D eigenvalue weighted by Gasteiger charge is -2.30. The Kier molecular flexibility index (Phi) is 6.45. The first-order valence-electron chi connectivity index (χ1n) is 7.92. The van der Waals surface area contributed by atoms with Gasteiger partial charge in [-0.1, -0.05) is 6.42 Å². The van der Waals surface area contributed by atoms with Crippen molar-refractivity contribution in [3.8, 4) is 0 Å². The zero-order valence-corrected chi connectivity index (χ0v) is 12.8. The Balaban J connectivity index is 1.59. The van der Waals surface area contributed by atoms with Gasteiger partial charge in [-0.2, -0.15) is 0 Å². The van der Waals surface area contributed by atoms with Crippen LogP contribution in [0.3, 0.4) is 0 Å². The molecule has 21 heavy (non-hydrogen) atoms. The molecule has 0 spiro atoms. The van der Waals surface area contributed by atoms with Gasteiger partial charge < -0.3 is 14.8 Å². The Morgan fingerprint density at radius 1 is 1.19 bits per heavy atom. The number of nitrogens with one attached hydrogen (secondary N) is 1. The van der Waals surface area contributed by atoms with E-state index in [2.05, 4.69) is 10.2 Å². The molecule has 1 N–H and O–H groups in total. The number of ether oxygens (including phenoxy) is 2. The predicted molar refractivity (Wildman–Crippen MR) is 77.8 cm³/mol. The molecule has 6 heteroatoms. The Bertz CT molecular complexity index is 348. The first-order chi connectivity index (χ1) is 10.1. The van der Waals surface area contributed by atoms with Gasteiger partial charge in [0.25, 0.3) is 0 Å². The Morgan fingerprint density at radius 3 is 2.57 bits per heavy atom. The van der Waals surface area contributed by atoms with Crippen molar-refractivity contribution in [3.05, 3.63) is 0 Å². The maximum atomic E-state index is 11.8. The molecule has 2 rings (SSSR count). The average Bonchev–Trinajstić information content (AvgIpc) is 2.48. The molecule has 2 fully saturated rings. The van der Waals surface area contributed by atoms with Crippen LogP contribution >= 0.6 is 0 Å². The summed E-state index contributed by atoms with van der Waals surface area (Å²) < 4.78 is 10.5. The second kappa shape index (κ2) is 8.34. The number of esters is 2. The van der Waals surface area contributed by atoms with Crippen molar-refractivity contribution < 1.29 is 19.1 Å². The van der Waals surface area contributed by atoms with Gasteiger partial charge in [0.2, 0.25) is 0 Å². The molecule has 6 nitrogen and oxygen atoms in total. The Hall–Kier alpha value is -1.14. The van der Waals surface area contributed by atoms with Crippen LogP contribution in [0.15, 0.2) is 0 Å². The number of rotatable bonds is 5. The fraction of sp³-hybridized carbons (Fsp3) is 0.867. The lowest BCUT2D eigenvalue weighted by Crippen LogP contribution is -2.42. The largest absolute Gasteiger partial charge is 0.463 e. The minimum atomic E-state index is -0.229. The molecule has 0 unspecified atom stereocenters. The Morgan fingerprint density at radius 2 is 1.95 bits per heavy atom. The van der Waals surface area contributed by atoms with Crippen molar-refractivity contribution in [2.75, 3.05) is 32.8 Å². The van der Waals surface area contributed by atoms with E-state index in [1.807, 2.05) is 0 Å². The topological polar surface area (TPSA) is 67.9 Å². The van der Waals surface area contributed by atoms with Crippen LogP contribution in [0.2, 0.25) is 0 Å². The van der Waals surface area contributed by atoms with Gasteiger partial charge in [0.15, 0.2) is 0 Å². The van der Waals surface area contributed by atoms with E-state index in [1.165, 1.54) is 19.8 Å². The summed E-state index contributed by atoms with van der Waals surface area (Å²) in [5.41, 5.74) is 0. The molecule has 2 heterocycles. The van der Waals surface area contributed by atoms with Crippen molar-refractivity contribution in [1.82, 2.24) is 10.2 Å². The minimum absolute atomic E-state index is 0.00112. The molecule has 0 amide bonds. The number of hydrogen-bond acceptors (Lipinski definition) is 6. The van der Waals surface area contributed by atoms with Gasteiger partial charge >= 0.3 is 11.9 Å². The van der Waals surface area contributed by atoms with Gasteiger partial charge in [-0.15, -0.1) is 0 Å². The number of carbonyl (C=O) groups is 2. The SMILES string of the molecule is CC(=O)OC1CCN(CC(=O)OC[C@@H]2CCCCN2)CC1. The third-order valence-corrected chi connectivity index (χ3v) is 4.08.